The number of anilines is 1. The van der Waals surface area contributed by atoms with Crippen molar-refractivity contribution in [3.63, 3.8) is 0 Å². The van der Waals surface area contributed by atoms with Gasteiger partial charge in [-0.3, -0.25) is 18.8 Å². The van der Waals surface area contributed by atoms with Crippen LogP contribution in [0.5, 0.6) is 0 Å². The molecule has 0 saturated carbocycles. The molecule has 1 saturated heterocycles. The first-order chi connectivity index (χ1) is 25.7. The number of halogens is 4. The number of aromatic amines is 1. The molecule has 1 aliphatic heterocycles. The van der Waals surface area contributed by atoms with Crippen LogP contribution in [-0.4, -0.2) is 72.5 Å². The van der Waals surface area contributed by atoms with Gasteiger partial charge in [0.25, 0.3) is 5.56 Å². The third-order valence-electron chi connectivity index (χ3n) is 8.88. The molecule has 0 radical (unpaired) electrons. The quantitative estimate of drug-likeness (QED) is 0.189. The van der Waals surface area contributed by atoms with Crippen LogP contribution in [0.1, 0.15) is 49.1 Å². The second kappa shape index (κ2) is 15.6. The highest BCUT2D eigenvalue weighted by Gasteiger charge is 2.35. The maximum Gasteiger partial charge on any atom is 0.416 e. The number of benzene rings is 3. The number of carbonyl (C=O) groups is 1. The molecule has 1 aliphatic rings. The SMILES string of the molecule is CC(C)(C)OC(=O)NC(Cn1c(=O)c(N2CCN(Cc3cccc(-c4nn[nH]n4)c3)CC2)cn(Cc2c(F)cccc2C(F)(F)F)c1=O)c1ccccc1. The average Bonchev–Trinajstić information content (AvgIpc) is 3.67. The lowest BCUT2D eigenvalue weighted by atomic mass is 10.1. The normalized spacial score (nSPS) is 14.5. The van der Waals surface area contributed by atoms with Gasteiger partial charge in [0, 0.05) is 50.0 Å². The van der Waals surface area contributed by atoms with Crippen LogP contribution in [0.4, 0.5) is 28.0 Å². The highest BCUT2D eigenvalue weighted by Crippen LogP contribution is 2.33. The van der Waals surface area contributed by atoms with Gasteiger partial charge in [0.05, 0.1) is 24.7 Å². The van der Waals surface area contributed by atoms with E-state index in [2.05, 4.69) is 30.8 Å². The number of hydrogen-bond acceptors (Lipinski definition) is 9. The van der Waals surface area contributed by atoms with Crippen LogP contribution in [0.2, 0.25) is 0 Å². The highest BCUT2D eigenvalue weighted by molar-refractivity contribution is 5.68. The van der Waals surface area contributed by atoms with E-state index < -0.39 is 65.2 Å². The summed E-state index contributed by atoms with van der Waals surface area (Å²) in [6.07, 6.45) is -4.52. The molecule has 6 rings (SSSR count). The van der Waals surface area contributed by atoms with Gasteiger partial charge in [0.15, 0.2) is 0 Å². The molecule has 2 N–H and O–H groups in total. The minimum atomic E-state index is -4.91. The number of H-pyrrole nitrogens is 1. The monoisotopic (exact) mass is 749 g/mol. The highest BCUT2D eigenvalue weighted by atomic mass is 19.4. The standard InChI is InChI=1S/C37H39F4N9O4/c1-36(2,3)54-34(52)42-30(25-10-5-4-6-11-25)22-50-33(51)31(23-49(35(50)53)21-27-28(37(39,40)41)13-8-14-29(27)38)48-17-15-47(16-18-48)20-24-9-7-12-26(19-24)32-43-45-46-44-32/h4-14,19,23,30H,15-18,20-22H2,1-3H3,(H,42,52)(H,43,44,45,46). The second-order valence-electron chi connectivity index (χ2n) is 13.9. The molecule has 1 amide bonds. The van der Waals surface area contributed by atoms with E-state index in [-0.39, 0.29) is 5.69 Å². The second-order valence-corrected chi connectivity index (χ2v) is 13.9. The largest absolute Gasteiger partial charge is 0.444 e. The topological polar surface area (TPSA) is 143 Å². The lowest BCUT2D eigenvalue weighted by Crippen LogP contribution is -2.51. The van der Waals surface area contributed by atoms with E-state index in [0.29, 0.717) is 44.1 Å². The van der Waals surface area contributed by atoms with Gasteiger partial charge in [-0.1, -0.05) is 54.6 Å². The zero-order chi connectivity index (χ0) is 38.6. The van der Waals surface area contributed by atoms with Crippen molar-refractivity contribution in [3.05, 3.63) is 128 Å². The molecule has 1 atom stereocenters. The van der Waals surface area contributed by atoms with Gasteiger partial charge in [-0.15, -0.1) is 10.2 Å². The Hall–Kier alpha value is -5.84. The van der Waals surface area contributed by atoms with Gasteiger partial charge < -0.3 is 15.0 Å². The maximum absolute atomic E-state index is 15.1. The number of alkyl halides is 3. The van der Waals surface area contributed by atoms with Gasteiger partial charge >= 0.3 is 18.0 Å². The van der Waals surface area contributed by atoms with Crippen molar-refractivity contribution in [1.29, 1.82) is 0 Å². The Morgan fingerprint density at radius 1 is 0.944 bits per heavy atom. The molecular weight excluding hydrogens is 710 g/mol. The summed E-state index contributed by atoms with van der Waals surface area (Å²) in [5.74, 6) is -0.691. The molecule has 1 fully saturated rings. The van der Waals surface area contributed by atoms with Crippen LogP contribution >= 0.6 is 0 Å². The molecule has 284 valence electrons. The minimum Gasteiger partial charge on any atom is -0.444 e. The maximum atomic E-state index is 15.1. The van der Waals surface area contributed by atoms with E-state index in [1.165, 1.54) is 6.20 Å². The number of amides is 1. The number of hydrogen-bond donors (Lipinski definition) is 2. The molecular formula is C37H39F4N9O4. The van der Waals surface area contributed by atoms with E-state index in [1.807, 2.05) is 24.3 Å². The van der Waals surface area contributed by atoms with Crippen LogP contribution in [-0.2, 0) is 30.5 Å². The Kier molecular flexibility index (Phi) is 11.0. The van der Waals surface area contributed by atoms with Crippen LogP contribution < -0.4 is 21.5 Å². The Labute approximate surface area is 307 Å². The van der Waals surface area contributed by atoms with Crippen molar-refractivity contribution in [2.75, 3.05) is 31.1 Å². The van der Waals surface area contributed by atoms with Gasteiger partial charge in [0.1, 0.15) is 17.1 Å². The van der Waals surface area contributed by atoms with E-state index in [0.717, 1.165) is 38.5 Å². The van der Waals surface area contributed by atoms with E-state index in [9.17, 15) is 27.6 Å². The first-order valence-electron chi connectivity index (χ1n) is 17.2. The summed E-state index contributed by atoms with van der Waals surface area (Å²) in [5, 5.41) is 16.8. The summed E-state index contributed by atoms with van der Waals surface area (Å²) in [4.78, 5) is 45.2. The fraction of sp³-hybridized carbons (Fsp3) is 0.351. The van der Waals surface area contributed by atoms with Crippen LogP contribution in [0.3, 0.4) is 0 Å². The molecule has 1 unspecified atom stereocenters. The Morgan fingerprint density at radius 3 is 2.33 bits per heavy atom. The molecule has 13 nitrogen and oxygen atoms in total. The van der Waals surface area contributed by atoms with Gasteiger partial charge in [0.2, 0.25) is 5.82 Å². The van der Waals surface area contributed by atoms with Gasteiger partial charge in [-0.05, 0) is 55.3 Å². The fourth-order valence-electron chi connectivity index (χ4n) is 6.33. The molecule has 3 aromatic carbocycles. The molecule has 0 aliphatic carbocycles. The first kappa shape index (κ1) is 37.9. The summed E-state index contributed by atoms with van der Waals surface area (Å²) in [7, 11) is 0. The molecule has 3 heterocycles. The Morgan fingerprint density at radius 2 is 1.67 bits per heavy atom. The summed E-state index contributed by atoms with van der Waals surface area (Å²) < 4.78 is 64.5. The van der Waals surface area contributed by atoms with E-state index in [4.69, 9.17) is 4.74 Å². The van der Waals surface area contributed by atoms with Crippen LogP contribution in [0.15, 0.2) is 88.6 Å². The smallest absolute Gasteiger partial charge is 0.416 e. The minimum absolute atomic E-state index is 0.0438. The van der Waals surface area contributed by atoms with Gasteiger partial charge in [-0.25, -0.2) is 14.0 Å². The van der Waals surface area contributed by atoms with Crippen LogP contribution in [0.25, 0.3) is 11.4 Å². The number of tetrazole rings is 1. The van der Waals surface area contributed by atoms with E-state index >= 15 is 4.39 Å². The molecule has 5 aromatic rings. The number of carbonyl (C=O) groups excluding carboxylic acids is 1. The lowest BCUT2D eigenvalue weighted by molar-refractivity contribution is -0.138. The van der Waals surface area contributed by atoms with Crippen molar-refractivity contribution in [1.82, 2.24) is 40.0 Å². The summed E-state index contributed by atoms with van der Waals surface area (Å²) in [5.41, 5.74) is -2.16. The van der Waals surface area contributed by atoms with E-state index in [1.54, 1.807) is 56.0 Å². The third kappa shape index (κ3) is 9.02. The van der Waals surface area contributed by atoms with Crippen molar-refractivity contribution in [2.24, 2.45) is 0 Å². The predicted molar refractivity (Wildman–Crippen MR) is 191 cm³/mol. The molecule has 0 spiro atoms. The third-order valence-corrected chi connectivity index (χ3v) is 8.88. The van der Waals surface area contributed by atoms with Crippen molar-refractivity contribution < 1.29 is 27.1 Å². The van der Waals surface area contributed by atoms with Crippen LogP contribution in [0, 0.1) is 5.82 Å². The van der Waals surface area contributed by atoms with Crippen molar-refractivity contribution in [3.8, 4) is 11.4 Å². The number of nitrogens with one attached hydrogen (secondary N) is 2. The summed E-state index contributed by atoms with van der Waals surface area (Å²) >= 11 is 0. The number of aromatic nitrogens is 6. The zero-order valence-electron chi connectivity index (χ0n) is 29.8. The molecule has 54 heavy (non-hydrogen) atoms. The number of piperazine rings is 1. The molecule has 17 heteroatoms. The number of ether oxygens (including phenoxy) is 1. The Bertz CT molecular complexity index is 2190. The summed E-state index contributed by atoms with van der Waals surface area (Å²) in [6, 6.07) is 17.9. The number of alkyl carbamates (subject to hydrolysis) is 1. The molecule has 0 bridgehead atoms. The Balaban J connectivity index is 1.34. The number of nitrogens with zero attached hydrogens (tertiary/aromatic N) is 7. The lowest BCUT2D eigenvalue weighted by Gasteiger charge is -2.36. The number of rotatable bonds is 10. The average molecular weight is 750 g/mol. The summed E-state index contributed by atoms with van der Waals surface area (Å²) in [6.45, 7) is 6.10. The fourth-order valence-corrected chi connectivity index (χ4v) is 6.33. The predicted octanol–water partition coefficient (Wildman–Crippen LogP) is 4.98. The van der Waals surface area contributed by atoms with Crippen molar-refractivity contribution >= 4 is 11.8 Å². The van der Waals surface area contributed by atoms with Crippen molar-refractivity contribution in [2.45, 2.75) is 58.2 Å². The molecule has 2 aromatic heterocycles. The van der Waals surface area contributed by atoms with Gasteiger partial charge in [-0.2, -0.15) is 18.4 Å². The first-order valence-corrected chi connectivity index (χ1v) is 17.2. The zero-order valence-corrected chi connectivity index (χ0v) is 29.8.